The summed E-state index contributed by atoms with van der Waals surface area (Å²) in [7, 11) is 1.23. The van der Waals surface area contributed by atoms with Gasteiger partial charge in [-0.15, -0.1) is 11.3 Å². The average molecular weight is 386 g/mol. The van der Waals surface area contributed by atoms with Crippen LogP contribution in [-0.4, -0.2) is 70.1 Å². The quantitative estimate of drug-likeness (QED) is 0.588. The van der Waals surface area contributed by atoms with Gasteiger partial charge in [-0.05, 0) is 25.0 Å². The maximum atomic E-state index is 12.6. The molecule has 0 radical (unpaired) electrons. The Labute approximate surface area is 159 Å². The number of benzene rings is 1. The Morgan fingerprint density at radius 3 is 2.70 bits per heavy atom. The van der Waals surface area contributed by atoms with E-state index in [0.29, 0.717) is 18.0 Å². The highest BCUT2D eigenvalue weighted by atomic mass is 32.1. The third-order valence-corrected chi connectivity index (χ3v) is 6.18. The molecule has 140 valence electrons. The van der Waals surface area contributed by atoms with Crippen molar-refractivity contribution in [2.75, 3.05) is 26.7 Å². The number of likely N-dealkylation sites (tertiary alicyclic amines) is 1. The van der Waals surface area contributed by atoms with Gasteiger partial charge < -0.3 is 4.90 Å². The number of carbonyl (C=O) groups excluding carboxylic acids is 4. The zero-order valence-corrected chi connectivity index (χ0v) is 15.6. The first-order valence-corrected chi connectivity index (χ1v) is 9.54. The largest absolute Gasteiger partial charge is 0.340 e. The van der Waals surface area contributed by atoms with Crippen molar-refractivity contribution in [3.05, 3.63) is 29.3 Å². The summed E-state index contributed by atoms with van der Waals surface area (Å²) in [6.45, 7) is 0.666. The van der Waals surface area contributed by atoms with Crippen molar-refractivity contribution < 1.29 is 19.2 Å². The molecule has 1 aromatic heterocycles. The third-order valence-electron chi connectivity index (χ3n) is 4.98. The second kappa shape index (κ2) is 6.73. The second-order valence-corrected chi connectivity index (χ2v) is 7.80. The van der Waals surface area contributed by atoms with Gasteiger partial charge >= 0.3 is 17.8 Å². The van der Waals surface area contributed by atoms with Crippen LogP contribution in [0.2, 0.25) is 0 Å². The molecule has 2 aliphatic heterocycles. The smallest absolute Gasteiger partial charge is 0.334 e. The molecule has 0 N–H and O–H groups in total. The SMILES string of the molecule is CN1C(=O)C(=O)N(CC(=O)N2CCC[C@@H](c3nc4ccccc4s3)C2)C1=O. The standard InChI is InChI=1S/C18H18N4O4S/c1-20-16(24)17(25)22(18(20)26)10-14(23)21-8-4-5-11(9-21)15-19-12-6-2-3-7-13(12)27-15/h2-3,6-7,11H,4-5,8-10H2,1H3/t11-/m1/s1. The molecule has 5 amide bonds. The highest BCUT2D eigenvalue weighted by Gasteiger charge is 2.43. The van der Waals surface area contributed by atoms with Gasteiger partial charge in [0.2, 0.25) is 5.91 Å². The monoisotopic (exact) mass is 386 g/mol. The van der Waals surface area contributed by atoms with Crippen LogP contribution in [0.3, 0.4) is 0 Å². The second-order valence-electron chi connectivity index (χ2n) is 6.74. The fraction of sp³-hybridized carbons (Fsp3) is 0.389. The maximum absolute atomic E-state index is 12.6. The Bertz CT molecular complexity index is 923. The van der Waals surface area contributed by atoms with Crippen LogP contribution in [0.25, 0.3) is 10.2 Å². The van der Waals surface area contributed by atoms with Crippen molar-refractivity contribution in [3.8, 4) is 0 Å². The lowest BCUT2D eigenvalue weighted by atomic mass is 9.98. The molecular formula is C18H18N4O4S. The predicted molar refractivity (Wildman–Crippen MR) is 98.1 cm³/mol. The van der Waals surface area contributed by atoms with Crippen molar-refractivity contribution in [3.63, 3.8) is 0 Å². The molecule has 1 aromatic carbocycles. The van der Waals surface area contributed by atoms with E-state index in [0.717, 1.165) is 33.0 Å². The number of rotatable bonds is 3. The highest BCUT2D eigenvalue weighted by Crippen LogP contribution is 2.33. The number of likely N-dealkylation sites (N-methyl/N-ethyl adjacent to an activating group) is 1. The van der Waals surface area contributed by atoms with Crippen molar-refractivity contribution in [1.29, 1.82) is 0 Å². The number of fused-ring (bicyclic) bond motifs is 1. The zero-order chi connectivity index (χ0) is 19.1. The Kier molecular flexibility index (Phi) is 4.39. The number of para-hydroxylation sites is 1. The summed E-state index contributed by atoms with van der Waals surface area (Å²) in [4.78, 5) is 55.8. The molecule has 4 rings (SSSR count). The number of thiazole rings is 1. The van der Waals surface area contributed by atoms with Crippen molar-refractivity contribution >= 4 is 45.3 Å². The number of urea groups is 1. The van der Waals surface area contributed by atoms with Crippen LogP contribution in [0.4, 0.5) is 4.79 Å². The molecule has 8 nitrogen and oxygen atoms in total. The molecule has 3 heterocycles. The van der Waals surface area contributed by atoms with E-state index >= 15 is 0 Å². The number of amides is 5. The molecule has 2 saturated heterocycles. The Morgan fingerprint density at radius 2 is 2.00 bits per heavy atom. The fourth-order valence-electron chi connectivity index (χ4n) is 3.46. The molecule has 1 atom stereocenters. The van der Waals surface area contributed by atoms with Crippen molar-refractivity contribution in [2.24, 2.45) is 0 Å². The van der Waals surface area contributed by atoms with E-state index in [4.69, 9.17) is 0 Å². The van der Waals surface area contributed by atoms with Gasteiger partial charge in [-0.25, -0.2) is 14.7 Å². The molecule has 2 aliphatic rings. The van der Waals surface area contributed by atoms with Gasteiger partial charge in [-0.2, -0.15) is 0 Å². The van der Waals surface area contributed by atoms with Gasteiger partial charge in [0.05, 0.1) is 15.2 Å². The number of piperidine rings is 1. The van der Waals surface area contributed by atoms with E-state index < -0.39 is 24.4 Å². The van der Waals surface area contributed by atoms with E-state index in [9.17, 15) is 19.2 Å². The minimum absolute atomic E-state index is 0.134. The summed E-state index contributed by atoms with van der Waals surface area (Å²) >= 11 is 1.63. The molecule has 0 unspecified atom stereocenters. The van der Waals surface area contributed by atoms with E-state index in [2.05, 4.69) is 4.98 Å². The lowest BCUT2D eigenvalue weighted by Gasteiger charge is -2.32. The Morgan fingerprint density at radius 1 is 1.22 bits per heavy atom. The van der Waals surface area contributed by atoms with Crippen LogP contribution in [0.1, 0.15) is 23.8 Å². The van der Waals surface area contributed by atoms with Crippen LogP contribution >= 0.6 is 11.3 Å². The number of aromatic nitrogens is 1. The average Bonchev–Trinajstić information content (AvgIpc) is 3.20. The number of imide groups is 2. The van der Waals surface area contributed by atoms with Crippen LogP contribution in [-0.2, 0) is 14.4 Å². The molecule has 9 heteroatoms. The molecular weight excluding hydrogens is 368 g/mol. The summed E-state index contributed by atoms with van der Waals surface area (Å²) in [5.74, 6) is -2.05. The first kappa shape index (κ1) is 17.6. The summed E-state index contributed by atoms with van der Waals surface area (Å²) in [5, 5.41) is 0.997. The molecule has 0 spiro atoms. The summed E-state index contributed by atoms with van der Waals surface area (Å²) in [5.41, 5.74) is 0.954. The van der Waals surface area contributed by atoms with Crippen molar-refractivity contribution in [1.82, 2.24) is 19.7 Å². The van der Waals surface area contributed by atoms with Gasteiger partial charge in [0, 0.05) is 26.1 Å². The minimum Gasteiger partial charge on any atom is -0.340 e. The van der Waals surface area contributed by atoms with E-state index in [1.165, 1.54) is 7.05 Å². The van der Waals surface area contributed by atoms with Gasteiger partial charge in [0.15, 0.2) is 0 Å². The predicted octanol–water partition coefficient (Wildman–Crippen LogP) is 1.42. The first-order chi connectivity index (χ1) is 13.0. The Balaban J connectivity index is 1.46. The zero-order valence-electron chi connectivity index (χ0n) is 14.8. The topological polar surface area (TPSA) is 90.9 Å². The summed E-state index contributed by atoms with van der Waals surface area (Å²) < 4.78 is 1.12. The summed E-state index contributed by atoms with van der Waals surface area (Å²) in [6.07, 6.45) is 1.76. The van der Waals surface area contributed by atoms with Crippen LogP contribution < -0.4 is 0 Å². The fourth-order valence-corrected chi connectivity index (χ4v) is 4.55. The number of nitrogens with zero attached hydrogens (tertiary/aromatic N) is 4. The van der Waals surface area contributed by atoms with E-state index in [1.54, 1.807) is 16.2 Å². The Hall–Kier alpha value is -2.81. The lowest BCUT2D eigenvalue weighted by Crippen LogP contribution is -2.46. The van der Waals surface area contributed by atoms with Crippen LogP contribution in [0.15, 0.2) is 24.3 Å². The van der Waals surface area contributed by atoms with Gasteiger partial charge in [0.25, 0.3) is 0 Å². The number of carbonyl (C=O) groups is 4. The van der Waals surface area contributed by atoms with Crippen LogP contribution in [0.5, 0.6) is 0 Å². The molecule has 0 aliphatic carbocycles. The number of hydrogen-bond acceptors (Lipinski definition) is 6. The minimum atomic E-state index is -0.949. The van der Waals surface area contributed by atoms with Gasteiger partial charge in [0.1, 0.15) is 6.54 Å². The van der Waals surface area contributed by atoms with Crippen LogP contribution in [0, 0.1) is 0 Å². The van der Waals surface area contributed by atoms with E-state index in [-0.39, 0.29) is 11.8 Å². The normalized spacial score (nSPS) is 20.9. The van der Waals surface area contributed by atoms with E-state index in [1.807, 2.05) is 24.3 Å². The maximum Gasteiger partial charge on any atom is 0.334 e. The highest BCUT2D eigenvalue weighted by molar-refractivity contribution is 7.18. The molecule has 0 bridgehead atoms. The van der Waals surface area contributed by atoms with Crippen molar-refractivity contribution in [2.45, 2.75) is 18.8 Å². The molecule has 27 heavy (non-hydrogen) atoms. The molecule has 2 fully saturated rings. The first-order valence-electron chi connectivity index (χ1n) is 8.72. The van der Waals surface area contributed by atoms with Gasteiger partial charge in [-0.3, -0.25) is 19.3 Å². The summed E-state index contributed by atoms with van der Waals surface area (Å²) in [6, 6.07) is 7.17. The number of hydrogen-bond donors (Lipinski definition) is 0. The third kappa shape index (κ3) is 3.08. The molecule has 2 aromatic rings. The molecule has 0 saturated carbocycles. The lowest BCUT2D eigenvalue weighted by molar-refractivity contribution is -0.144. The van der Waals surface area contributed by atoms with Gasteiger partial charge in [-0.1, -0.05) is 12.1 Å².